The minimum atomic E-state index is 0.501. The molecule has 0 radical (unpaired) electrons. The second-order valence-corrected chi connectivity index (χ2v) is 2.52. The third kappa shape index (κ3) is 1.49. The fourth-order valence-electron chi connectivity index (χ4n) is 0.557. The van der Waals surface area contributed by atoms with Crippen LogP contribution in [0, 0.1) is 4.64 Å². The number of aromatic nitrogens is 1. The van der Waals surface area contributed by atoms with Gasteiger partial charge in [0.15, 0.2) is 5.88 Å². The molecule has 0 bridgehead atoms. The third-order valence-electron chi connectivity index (χ3n) is 1.05. The topological polar surface area (TPSA) is 25.0 Å². The van der Waals surface area contributed by atoms with Crippen molar-refractivity contribution in [3.05, 3.63) is 21.8 Å². The highest BCUT2D eigenvalue weighted by Gasteiger charge is 1.92. The van der Waals surface area contributed by atoms with E-state index in [1.54, 1.807) is 19.2 Å². The smallest absolute Gasteiger partial charge is 0.191 e. The number of hydrogen-bond acceptors (Lipinski definition) is 2. The number of halogens is 1. The highest BCUT2D eigenvalue weighted by atomic mass is 35.5. The molecule has 2 nitrogen and oxygen atoms in total. The van der Waals surface area contributed by atoms with Crippen molar-refractivity contribution in [2.45, 2.75) is 0 Å². The second kappa shape index (κ2) is 3.03. The van der Waals surface area contributed by atoms with Crippen LogP contribution in [0.5, 0.6) is 5.88 Å². The maximum absolute atomic E-state index is 5.65. The molecule has 0 aliphatic rings. The number of ether oxygens (including phenoxy) is 1. The van der Waals surface area contributed by atoms with Crippen LogP contribution in [0.15, 0.2) is 12.1 Å². The van der Waals surface area contributed by atoms with Crippen LogP contribution in [-0.4, -0.2) is 12.1 Å². The van der Waals surface area contributed by atoms with Gasteiger partial charge in [-0.2, -0.15) is 0 Å². The van der Waals surface area contributed by atoms with Crippen molar-refractivity contribution < 1.29 is 4.74 Å². The van der Waals surface area contributed by atoms with Crippen LogP contribution >= 0.6 is 23.8 Å². The standard InChI is InChI=1S/C6H6ClNOS/c1-9-5-3-2-4(7)6(10)8-5/h2-3H,1H3,(H,8,10). The molecule has 4 heteroatoms. The summed E-state index contributed by atoms with van der Waals surface area (Å²) in [5.74, 6) is 0.620. The van der Waals surface area contributed by atoms with E-state index in [9.17, 15) is 0 Å². The Labute approximate surface area is 68.8 Å². The molecule has 1 aromatic rings. The number of pyridine rings is 1. The molecule has 0 aliphatic carbocycles. The van der Waals surface area contributed by atoms with Gasteiger partial charge in [-0.05, 0) is 12.1 Å². The minimum absolute atomic E-state index is 0.501. The van der Waals surface area contributed by atoms with Gasteiger partial charge in [0.2, 0.25) is 0 Å². The molecule has 1 N–H and O–H groups in total. The van der Waals surface area contributed by atoms with Gasteiger partial charge in [0, 0.05) is 0 Å². The number of rotatable bonds is 1. The van der Waals surface area contributed by atoms with Crippen LogP contribution in [-0.2, 0) is 0 Å². The van der Waals surface area contributed by atoms with Gasteiger partial charge >= 0.3 is 0 Å². The predicted octanol–water partition coefficient (Wildman–Crippen LogP) is 2.41. The minimum Gasteiger partial charge on any atom is -0.482 e. The van der Waals surface area contributed by atoms with E-state index in [-0.39, 0.29) is 0 Å². The first-order valence-electron chi connectivity index (χ1n) is 2.67. The lowest BCUT2D eigenvalue weighted by Crippen LogP contribution is -1.86. The summed E-state index contributed by atoms with van der Waals surface area (Å²) < 4.78 is 5.37. The third-order valence-corrected chi connectivity index (χ3v) is 1.80. The van der Waals surface area contributed by atoms with Gasteiger partial charge < -0.3 is 9.72 Å². The predicted molar refractivity (Wildman–Crippen MR) is 43.2 cm³/mol. The molecular formula is C6H6ClNOS. The summed E-state index contributed by atoms with van der Waals surface area (Å²) in [5, 5.41) is 0.538. The summed E-state index contributed by atoms with van der Waals surface area (Å²) in [5.41, 5.74) is 0. The van der Waals surface area contributed by atoms with E-state index in [0.717, 1.165) is 0 Å². The van der Waals surface area contributed by atoms with Gasteiger partial charge in [0.25, 0.3) is 0 Å². The van der Waals surface area contributed by atoms with E-state index in [2.05, 4.69) is 4.98 Å². The van der Waals surface area contributed by atoms with Gasteiger partial charge in [0.1, 0.15) is 4.64 Å². The fraction of sp³-hybridized carbons (Fsp3) is 0.167. The van der Waals surface area contributed by atoms with Crippen molar-refractivity contribution in [3.8, 4) is 5.88 Å². The summed E-state index contributed by atoms with van der Waals surface area (Å²) in [7, 11) is 1.56. The number of H-pyrrole nitrogens is 1. The molecule has 0 aliphatic heterocycles. The molecule has 1 heterocycles. The zero-order chi connectivity index (χ0) is 7.56. The highest BCUT2D eigenvalue weighted by molar-refractivity contribution is 7.71. The Balaban J connectivity index is 3.17. The zero-order valence-electron chi connectivity index (χ0n) is 5.35. The molecule has 0 saturated carbocycles. The average Bonchev–Trinajstić information content (AvgIpc) is 1.95. The van der Waals surface area contributed by atoms with Crippen molar-refractivity contribution in [1.82, 2.24) is 4.98 Å². The van der Waals surface area contributed by atoms with Gasteiger partial charge in [-0.25, -0.2) is 0 Å². The number of methoxy groups -OCH3 is 1. The van der Waals surface area contributed by atoms with Crippen molar-refractivity contribution in [2.75, 3.05) is 7.11 Å². The molecule has 0 saturated heterocycles. The lowest BCUT2D eigenvalue weighted by Gasteiger charge is -1.97. The molecule has 0 aromatic carbocycles. The summed E-state index contributed by atoms with van der Waals surface area (Å²) in [4.78, 5) is 2.79. The van der Waals surface area contributed by atoms with E-state index in [0.29, 0.717) is 15.5 Å². The Morgan fingerprint density at radius 3 is 2.80 bits per heavy atom. The van der Waals surface area contributed by atoms with Crippen LogP contribution in [0.4, 0.5) is 0 Å². The maximum Gasteiger partial charge on any atom is 0.191 e. The normalized spacial score (nSPS) is 9.40. The summed E-state index contributed by atoms with van der Waals surface area (Å²) in [6, 6.07) is 3.41. The molecule has 54 valence electrons. The molecule has 1 rings (SSSR count). The first kappa shape index (κ1) is 7.57. The van der Waals surface area contributed by atoms with Gasteiger partial charge in [0.05, 0.1) is 12.1 Å². The first-order chi connectivity index (χ1) is 4.74. The summed E-state index contributed by atoms with van der Waals surface area (Å²) >= 11 is 10.5. The SMILES string of the molecule is COc1ccc(Cl)c(=S)[nH]1. The van der Waals surface area contributed by atoms with E-state index in [4.69, 9.17) is 28.6 Å². The molecule has 0 unspecified atom stereocenters. The van der Waals surface area contributed by atoms with Crippen LogP contribution in [0.25, 0.3) is 0 Å². The molecular weight excluding hydrogens is 170 g/mol. The molecule has 0 atom stereocenters. The molecule has 10 heavy (non-hydrogen) atoms. The fourth-order valence-corrected chi connectivity index (χ4v) is 0.836. The van der Waals surface area contributed by atoms with Crippen molar-refractivity contribution in [3.63, 3.8) is 0 Å². The summed E-state index contributed by atoms with van der Waals surface area (Å²) in [6.07, 6.45) is 0. The van der Waals surface area contributed by atoms with Crippen LogP contribution in [0.3, 0.4) is 0 Å². The van der Waals surface area contributed by atoms with E-state index < -0.39 is 0 Å². The van der Waals surface area contributed by atoms with Gasteiger partial charge in [-0.1, -0.05) is 23.8 Å². The largest absolute Gasteiger partial charge is 0.482 e. The summed E-state index contributed by atoms with van der Waals surface area (Å²) in [6.45, 7) is 0. The lowest BCUT2D eigenvalue weighted by molar-refractivity contribution is 0.397. The van der Waals surface area contributed by atoms with Crippen molar-refractivity contribution in [1.29, 1.82) is 0 Å². The second-order valence-electron chi connectivity index (χ2n) is 1.70. The first-order valence-corrected chi connectivity index (χ1v) is 3.45. The Bertz CT molecular complexity index is 283. The quantitative estimate of drug-likeness (QED) is 0.664. The molecule has 0 fully saturated rings. The molecule has 1 aromatic heterocycles. The van der Waals surface area contributed by atoms with Crippen molar-refractivity contribution >= 4 is 23.8 Å². The molecule has 0 amide bonds. The molecule has 0 spiro atoms. The van der Waals surface area contributed by atoms with Crippen molar-refractivity contribution in [2.24, 2.45) is 0 Å². The van der Waals surface area contributed by atoms with Gasteiger partial charge in [-0.3, -0.25) is 0 Å². The van der Waals surface area contributed by atoms with Gasteiger partial charge in [-0.15, -0.1) is 0 Å². The zero-order valence-corrected chi connectivity index (χ0v) is 6.92. The Morgan fingerprint density at radius 1 is 1.60 bits per heavy atom. The number of nitrogens with one attached hydrogen (secondary N) is 1. The van der Waals surface area contributed by atoms with Crippen LogP contribution in [0.1, 0.15) is 0 Å². The Kier molecular flexibility index (Phi) is 2.29. The number of aromatic amines is 1. The van der Waals surface area contributed by atoms with E-state index in [1.165, 1.54) is 0 Å². The van der Waals surface area contributed by atoms with Crippen LogP contribution in [0.2, 0.25) is 5.02 Å². The maximum atomic E-state index is 5.65. The lowest BCUT2D eigenvalue weighted by atomic mass is 10.5. The monoisotopic (exact) mass is 175 g/mol. The highest BCUT2D eigenvalue weighted by Crippen LogP contribution is 2.12. The van der Waals surface area contributed by atoms with E-state index in [1.807, 2.05) is 0 Å². The Morgan fingerprint density at radius 2 is 2.30 bits per heavy atom. The number of hydrogen-bond donors (Lipinski definition) is 1. The average molecular weight is 176 g/mol. The van der Waals surface area contributed by atoms with E-state index >= 15 is 0 Å². The van der Waals surface area contributed by atoms with Crippen LogP contribution < -0.4 is 4.74 Å². The Hall–Kier alpha value is -0.540.